The molecule has 0 unspecified atom stereocenters. The molecule has 2 heterocycles. The summed E-state index contributed by atoms with van der Waals surface area (Å²) in [5.41, 5.74) is 2.23. The van der Waals surface area contributed by atoms with Gasteiger partial charge in [-0.2, -0.15) is 10.1 Å². The van der Waals surface area contributed by atoms with Crippen molar-refractivity contribution in [3.8, 4) is 5.75 Å². The van der Waals surface area contributed by atoms with Crippen LogP contribution in [-0.4, -0.2) is 27.8 Å². The second kappa shape index (κ2) is 7.84. The molecule has 0 saturated heterocycles. The lowest BCUT2D eigenvalue weighted by molar-refractivity contribution is -0.119. The predicted octanol–water partition coefficient (Wildman–Crippen LogP) is 4.15. The highest BCUT2D eigenvalue weighted by molar-refractivity contribution is 5.92. The molecule has 1 aliphatic rings. The Kier molecular flexibility index (Phi) is 5.10. The van der Waals surface area contributed by atoms with Gasteiger partial charge in [-0.15, -0.1) is 0 Å². The Labute approximate surface area is 164 Å². The van der Waals surface area contributed by atoms with Gasteiger partial charge in [0.15, 0.2) is 0 Å². The molecule has 0 N–H and O–H groups in total. The Morgan fingerprint density at radius 2 is 1.79 bits per heavy atom. The van der Waals surface area contributed by atoms with Crippen LogP contribution in [0.15, 0.2) is 60.9 Å². The van der Waals surface area contributed by atoms with Crippen molar-refractivity contribution in [2.75, 3.05) is 12.0 Å². The molecule has 28 heavy (non-hydrogen) atoms. The predicted molar refractivity (Wildman–Crippen MR) is 107 cm³/mol. The van der Waals surface area contributed by atoms with Gasteiger partial charge in [0.1, 0.15) is 12.1 Å². The van der Waals surface area contributed by atoms with Gasteiger partial charge < -0.3 is 4.74 Å². The third-order valence-electron chi connectivity index (χ3n) is 5.24. The second-order valence-electron chi connectivity index (χ2n) is 6.97. The zero-order valence-electron chi connectivity index (χ0n) is 16.2. The van der Waals surface area contributed by atoms with E-state index in [9.17, 15) is 4.79 Å². The van der Waals surface area contributed by atoms with Crippen LogP contribution in [0, 0.1) is 0 Å². The van der Waals surface area contributed by atoms with Crippen LogP contribution in [0.3, 0.4) is 0 Å². The highest BCUT2D eigenvalue weighted by atomic mass is 16.5. The summed E-state index contributed by atoms with van der Waals surface area (Å²) in [5, 5.41) is 4.45. The molecule has 4 rings (SSSR count). The van der Waals surface area contributed by atoms with Crippen molar-refractivity contribution in [2.45, 2.75) is 38.3 Å². The molecule has 0 spiro atoms. The number of ether oxygens (including phenoxy) is 1. The monoisotopic (exact) mass is 376 g/mol. The first-order valence-electron chi connectivity index (χ1n) is 9.63. The number of nitrogens with zero attached hydrogens (tertiary/aromatic N) is 4. The first kappa shape index (κ1) is 18.2. The molecule has 0 saturated carbocycles. The Morgan fingerprint density at radius 3 is 2.46 bits per heavy atom. The van der Waals surface area contributed by atoms with Gasteiger partial charge in [-0.05, 0) is 36.1 Å². The third kappa shape index (κ3) is 3.26. The van der Waals surface area contributed by atoms with E-state index in [2.05, 4.69) is 22.2 Å². The Bertz CT molecular complexity index is 937. The van der Waals surface area contributed by atoms with Crippen LogP contribution < -0.4 is 9.64 Å². The molecule has 2 aromatic carbocycles. The maximum Gasteiger partial charge on any atom is 0.231 e. The molecule has 144 valence electrons. The number of rotatable bonds is 5. The van der Waals surface area contributed by atoms with E-state index in [4.69, 9.17) is 4.74 Å². The molecule has 2 atom stereocenters. The number of fused-ring (bicyclic) bond motifs is 1. The molecular weight excluding hydrogens is 352 g/mol. The van der Waals surface area contributed by atoms with Crippen LogP contribution >= 0.6 is 0 Å². The van der Waals surface area contributed by atoms with Crippen LogP contribution in [0.1, 0.15) is 49.4 Å². The molecule has 3 aromatic rings. The van der Waals surface area contributed by atoms with E-state index >= 15 is 0 Å². The van der Waals surface area contributed by atoms with Gasteiger partial charge in [0.2, 0.25) is 11.9 Å². The lowest BCUT2D eigenvalue weighted by Gasteiger charge is -2.39. The summed E-state index contributed by atoms with van der Waals surface area (Å²) in [6, 6.07) is 18.1. The van der Waals surface area contributed by atoms with Crippen molar-refractivity contribution in [1.29, 1.82) is 0 Å². The molecular formula is C22H24N4O2. The van der Waals surface area contributed by atoms with E-state index in [1.165, 1.54) is 6.33 Å². The number of carbonyl (C=O) groups excluding carboxylic acids is 1. The number of amides is 1. The molecule has 6 heteroatoms. The summed E-state index contributed by atoms with van der Waals surface area (Å²) in [7, 11) is 1.65. The van der Waals surface area contributed by atoms with Gasteiger partial charge in [-0.3, -0.25) is 9.69 Å². The fourth-order valence-corrected chi connectivity index (χ4v) is 3.88. The topological polar surface area (TPSA) is 60.2 Å². The quantitative estimate of drug-likeness (QED) is 0.671. The fraction of sp³-hybridized carbons (Fsp3) is 0.318. The SMILES string of the molecule is CCCC(=O)N1c2ncnn2[C@H](c2ccccc2)C[C@H]1c1ccc(OC)cc1. The average molecular weight is 376 g/mol. The highest BCUT2D eigenvalue weighted by Crippen LogP contribution is 2.42. The summed E-state index contributed by atoms with van der Waals surface area (Å²) in [6.07, 6.45) is 3.55. The number of aromatic nitrogens is 3. The number of anilines is 1. The number of hydrogen-bond acceptors (Lipinski definition) is 4. The van der Waals surface area contributed by atoms with Gasteiger partial charge in [-0.1, -0.05) is 49.4 Å². The van der Waals surface area contributed by atoms with E-state index in [1.807, 2.05) is 59.0 Å². The van der Waals surface area contributed by atoms with E-state index in [0.717, 1.165) is 29.7 Å². The standard InChI is InChI=1S/C22H24N4O2/c1-3-7-21(27)25-19(17-10-12-18(28-2)13-11-17)14-20(16-8-5-4-6-9-16)26-22(25)23-15-24-26/h4-6,8-13,15,19-20H,3,7,14H2,1-2H3/t19-,20-/m0/s1. The summed E-state index contributed by atoms with van der Waals surface area (Å²) in [4.78, 5) is 19.3. The average Bonchev–Trinajstić information content (AvgIpc) is 3.23. The van der Waals surface area contributed by atoms with Crippen molar-refractivity contribution < 1.29 is 9.53 Å². The van der Waals surface area contributed by atoms with Gasteiger partial charge in [0, 0.05) is 6.42 Å². The van der Waals surface area contributed by atoms with Gasteiger partial charge in [-0.25, -0.2) is 4.68 Å². The van der Waals surface area contributed by atoms with Crippen molar-refractivity contribution in [3.05, 3.63) is 72.1 Å². The number of carbonyl (C=O) groups is 1. The first-order chi connectivity index (χ1) is 13.7. The molecule has 6 nitrogen and oxygen atoms in total. The largest absolute Gasteiger partial charge is 0.497 e. The molecule has 1 amide bonds. The second-order valence-corrected chi connectivity index (χ2v) is 6.97. The summed E-state index contributed by atoms with van der Waals surface area (Å²) in [5.74, 6) is 1.48. The molecule has 1 aliphatic heterocycles. The maximum absolute atomic E-state index is 13.0. The molecule has 0 aliphatic carbocycles. The number of benzene rings is 2. The minimum atomic E-state index is -0.105. The lowest BCUT2D eigenvalue weighted by Crippen LogP contribution is -2.42. The Hall–Kier alpha value is -3.15. The highest BCUT2D eigenvalue weighted by Gasteiger charge is 2.38. The summed E-state index contributed by atoms with van der Waals surface area (Å²) < 4.78 is 7.17. The molecule has 1 aromatic heterocycles. The number of hydrogen-bond donors (Lipinski definition) is 0. The van der Waals surface area contributed by atoms with Crippen molar-refractivity contribution in [2.24, 2.45) is 0 Å². The van der Waals surface area contributed by atoms with Crippen LogP contribution in [0.2, 0.25) is 0 Å². The molecule has 0 radical (unpaired) electrons. The maximum atomic E-state index is 13.0. The van der Waals surface area contributed by atoms with Crippen molar-refractivity contribution >= 4 is 11.9 Å². The zero-order chi connectivity index (χ0) is 19.5. The van der Waals surface area contributed by atoms with Crippen LogP contribution in [0.25, 0.3) is 0 Å². The number of methoxy groups -OCH3 is 1. The van der Waals surface area contributed by atoms with E-state index < -0.39 is 0 Å². The van der Waals surface area contributed by atoms with E-state index in [1.54, 1.807) is 7.11 Å². The molecule has 0 bridgehead atoms. The summed E-state index contributed by atoms with van der Waals surface area (Å²) in [6.45, 7) is 2.02. The Morgan fingerprint density at radius 1 is 1.07 bits per heavy atom. The smallest absolute Gasteiger partial charge is 0.231 e. The minimum Gasteiger partial charge on any atom is -0.497 e. The summed E-state index contributed by atoms with van der Waals surface area (Å²) >= 11 is 0. The van der Waals surface area contributed by atoms with E-state index in [0.29, 0.717) is 12.4 Å². The van der Waals surface area contributed by atoms with E-state index in [-0.39, 0.29) is 18.0 Å². The van der Waals surface area contributed by atoms with Crippen LogP contribution in [-0.2, 0) is 4.79 Å². The molecule has 0 fully saturated rings. The third-order valence-corrected chi connectivity index (χ3v) is 5.24. The lowest BCUT2D eigenvalue weighted by atomic mass is 9.91. The minimum absolute atomic E-state index is 0.0245. The first-order valence-corrected chi connectivity index (χ1v) is 9.63. The van der Waals surface area contributed by atoms with Crippen molar-refractivity contribution in [1.82, 2.24) is 14.8 Å². The fourth-order valence-electron chi connectivity index (χ4n) is 3.88. The van der Waals surface area contributed by atoms with Gasteiger partial charge in [0.25, 0.3) is 0 Å². The zero-order valence-corrected chi connectivity index (χ0v) is 16.2. The van der Waals surface area contributed by atoms with Crippen LogP contribution in [0.5, 0.6) is 5.75 Å². The van der Waals surface area contributed by atoms with Gasteiger partial charge in [0.05, 0.1) is 19.2 Å². The normalized spacial score (nSPS) is 18.6. The van der Waals surface area contributed by atoms with Gasteiger partial charge >= 0.3 is 0 Å². The Balaban J connectivity index is 1.80. The van der Waals surface area contributed by atoms with Crippen molar-refractivity contribution in [3.63, 3.8) is 0 Å². The van der Waals surface area contributed by atoms with Crippen LogP contribution in [0.4, 0.5) is 5.95 Å².